The Hall–Kier alpha value is -1.77. The first-order valence-corrected chi connectivity index (χ1v) is 9.75. The van der Waals surface area contributed by atoms with E-state index in [1.54, 1.807) is 0 Å². The van der Waals surface area contributed by atoms with Gasteiger partial charge in [0, 0.05) is 6.08 Å². The molecule has 0 heterocycles. The minimum Gasteiger partial charge on any atom is -0.490 e. The summed E-state index contributed by atoms with van der Waals surface area (Å²) in [5, 5.41) is 0. The summed E-state index contributed by atoms with van der Waals surface area (Å²) in [6.45, 7) is 6.24. The van der Waals surface area contributed by atoms with Crippen molar-refractivity contribution in [2.75, 3.05) is 13.2 Å². The van der Waals surface area contributed by atoms with E-state index in [-0.39, 0.29) is 6.61 Å². The van der Waals surface area contributed by atoms with Crippen LogP contribution in [0.4, 0.5) is 0 Å². The van der Waals surface area contributed by atoms with Gasteiger partial charge in [-0.15, -0.1) is 0 Å². The number of rotatable bonds is 10. The second-order valence-electron chi connectivity index (χ2n) is 7.00. The summed E-state index contributed by atoms with van der Waals surface area (Å²) in [7, 11) is 0. The molecule has 25 heavy (non-hydrogen) atoms. The molecule has 2 rings (SSSR count). The number of carbonyl (C=O) groups is 1. The molecule has 0 spiro atoms. The average Bonchev–Trinajstić information content (AvgIpc) is 2.66. The summed E-state index contributed by atoms with van der Waals surface area (Å²) in [6, 6.07) is 8.43. The monoisotopic (exact) mass is 344 g/mol. The fourth-order valence-corrected chi connectivity index (χ4v) is 3.66. The first-order valence-electron chi connectivity index (χ1n) is 9.75. The topological polar surface area (TPSA) is 35.5 Å². The fourth-order valence-electron chi connectivity index (χ4n) is 3.66. The molecule has 0 atom stereocenters. The Morgan fingerprint density at radius 2 is 1.84 bits per heavy atom. The van der Waals surface area contributed by atoms with Crippen LogP contribution >= 0.6 is 0 Å². The number of hydrogen-bond donors (Lipinski definition) is 0. The van der Waals surface area contributed by atoms with Crippen LogP contribution in [0.1, 0.15) is 69.8 Å². The number of hydrogen-bond acceptors (Lipinski definition) is 3. The van der Waals surface area contributed by atoms with Crippen LogP contribution in [0.15, 0.2) is 36.9 Å². The normalized spacial score (nSPS) is 20.0. The highest BCUT2D eigenvalue weighted by Crippen LogP contribution is 2.38. The summed E-state index contributed by atoms with van der Waals surface area (Å²) in [6.07, 6.45) is 12.1. The largest absolute Gasteiger partial charge is 0.490 e. The lowest BCUT2D eigenvalue weighted by atomic mass is 9.77. The van der Waals surface area contributed by atoms with Gasteiger partial charge in [0.15, 0.2) is 0 Å². The van der Waals surface area contributed by atoms with E-state index < -0.39 is 5.97 Å². The van der Waals surface area contributed by atoms with Gasteiger partial charge in [0.2, 0.25) is 0 Å². The van der Waals surface area contributed by atoms with Crippen LogP contribution in [0.25, 0.3) is 0 Å². The predicted molar refractivity (Wildman–Crippen MR) is 102 cm³/mol. The molecule has 1 saturated carbocycles. The quantitative estimate of drug-likeness (QED) is 0.313. The molecule has 1 fully saturated rings. The molecule has 0 aromatic heterocycles. The molecule has 0 N–H and O–H groups in total. The van der Waals surface area contributed by atoms with Crippen LogP contribution in [0.5, 0.6) is 5.75 Å². The lowest BCUT2D eigenvalue weighted by molar-refractivity contribution is -0.138. The molecule has 0 unspecified atom stereocenters. The van der Waals surface area contributed by atoms with E-state index in [0.717, 1.165) is 17.7 Å². The van der Waals surface area contributed by atoms with Crippen molar-refractivity contribution in [3.8, 4) is 5.75 Å². The third-order valence-electron chi connectivity index (χ3n) is 5.18. The Labute approximate surface area is 152 Å². The van der Waals surface area contributed by atoms with Crippen LogP contribution in [0, 0.1) is 5.92 Å². The molecule has 3 nitrogen and oxygen atoms in total. The standard InChI is InChI=1S/C22H32O3/c1-3-5-6-7-18-8-10-19(11-9-18)20-12-14-21(15-13-20)24-16-17-25-22(23)4-2/h4,12-15,18-19H,2-3,5-11,16-17H2,1H3. The molecule has 0 amide bonds. The minimum atomic E-state index is -0.413. The molecule has 0 aliphatic heterocycles. The maximum Gasteiger partial charge on any atom is 0.330 e. The number of unbranched alkanes of at least 4 members (excludes halogenated alkanes) is 2. The molecular formula is C22H32O3. The van der Waals surface area contributed by atoms with Gasteiger partial charge in [-0.2, -0.15) is 0 Å². The van der Waals surface area contributed by atoms with Crippen molar-refractivity contribution in [2.24, 2.45) is 5.92 Å². The van der Waals surface area contributed by atoms with Crippen molar-refractivity contribution in [3.05, 3.63) is 42.5 Å². The SMILES string of the molecule is C=CC(=O)OCCOc1ccc(C2CCC(CCCCC)CC2)cc1. The van der Waals surface area contributed by atoms with Crippen molar-refractivity contribution >= 4 is 5.97 Å². The van der Waals surface area contributed by atoms with Gasteiger partial charge in [-0.05, 0) is 55.2 Å². The highest BCUT2D eigenvalue weighted by atomic mass is 16.6. The molecule has 0 bridgehead atoms. The summed E-state index contributed by atoms with van der Waals surface area (Å²) >= 11 is 0. The van der Waals surface area contributed by atoms with Gasteiger partial charge < -0.3 is 9.47 Å². The van der Waals surface area contributed by atoms with Crippen LogP contribution < -0.4 is 4.74 Å². The molecular weight excluding hydrogens is 312 g/mol. The van der Waals surface area contributed by atoms with Crippen LogP contribution in [-0.4, -0.2) is 19.2 Å². The maximum absolute atomic E-state index is 10.9. The van der Waals surface area contributed by atoms with E-state index in [2.05, 4.69) is 25.6 Å². The van der Waals surface area contributed by atoms with Gasteiger partial charge in [0.1, 0.15) is 19.0 Å². The molecule has 3 heteroatoms. The van der Waals surface area contributed by atoms with Crippen molar-refractivity contribution in [1.82, 2.24) is 0 Å². The van der Waals surface area contributed by atoms with Crippen molar-refractivity contribution < 1.29 is 14.3 Å². The third kappa shape index (κ3) is 6.93. The van der Waals surface area contributed by atoms with Crippen LogP contribution in [0.2, 0.25) is 0 Å². The fraction of sp³-hybridized carbons (Fsp3) is 0.591. The van der Waals surface area contributed by atoms with Crippen molar-refractivity contribution in [2.45, 2.75) is 64.2 Å². The number of ether oxygens (including phenoxy) is 2. The van der Waals surface area contributed by atoms with Crippen LogP contribution in [0.3, 0.4) is 0 Å². The molecule has 0 radical (unpaired) electrons. The van der Waals surface area contributed by atoms with Crippen molar-refractivity contribution in [1.29, 1.82) is 0 Å². The van der Waals surface area contributed by atoms with E-state index >= 15 is 0 Å². The summed E-state index contributed by atoms with van der Waals surface area (Å²) < 4.78 is 10.5. The molecule has 1 aromatic carbocycles. The Kier molecular flexibility index (Phi) is 8.58. The van der Waals surface area contributed by atoms with Gasteiger partial charge in [0.25, 0.3) is 0 Å². The zero-order chi connectivity index (χ0) is 17.9. The van der Waals surface area contributed by atoms with Gasteiger partial charge in [-0.1, -0.05) is 51.3 Å². The van der Waals surface area contributed by atoms with E-state index in [1.807, 2.05) is 12.1 Å². The Morgan fingerprint density at radius 3 is 2.48 bits per heavy atom. The third-order valence-corrected chi connectivity index (χ3v) is 5.18. The lowest BCUT2D eigenvalue weighted by Crippen LogP contribution is -2.13. The lowest BCUT2D eigenvalue weighted by Gasteiger charge is -2.29. The minimum absolute atomic E-state index is 0.245. The number of benzene rings is 1. The first kappa shape index (κ1) is 19.6. The zero-order valence-electron chi connectivity index (χ0n) is 15.5. The van der Waals surface area contributed by atoms with E-state index in [9.17, 15) is 4.79 Å². The van der Waals surface area contributed by atoms with Crippen molar-refractivity contribution in [3.63, 3.8) is 0 Å². The first-order chi connectivity index (χ1) is 12.2. The van der Waals surface area contributed by atoms with Crippen LogP contribution in [-0.2, 0) is 9.53 Å². The number of carbonyl (C=O) groups excluding carboxylic acids is 1. The van der Waals surface area contributed by atoms with Gasteiger partial charge in [0.05, 0.1) is 0 Å². The van der Waals surface area contributed by atoms with Gasteiger partial charge in [-0.3, -0.25) is 0 Å². The Balaban J connectivity index is 1.69. The van der Waals surface area contributed by atoms with Gasteiger partial charge in [-0.25, -0.2) is 4.79 Å². The molecule has 138 valence electrons. The summed E-state index contributed by atoms with van der Waals surface area (Å²) in [4.78, 5) is 10.9. The molecule has 1 aliphatic rings. The average molecular weight is 344 g/mol. The van der Waals surface area contributed by atoms with Gasteiger partial charge >= 0.3 is 5.97 Å². The zero-order valence-corrected chi connectivity index (χ0v) is 15.5. The predicted octanol–water partition coefficient (Wildman–Crippen LogP) is 5.65. The van der Waals surface area contributed by atoms with E-state index in [1.165, 1.54) is 56.9 Å². The molecule has 0 saturated heterocycles. The molecule has 1 aliphatic carbocycles. The highest BCUT2D eigenvalue weighted by Gasteiger charge is 2.21. The second-order valence-corrected chi connectivity index (χ2v) is 7.00. The Morgan fingerprint density at radius 1 is 1.12 bits per heavy atom. The number of esters is 1. The maximum atomic E-state index is 10.9. The Bertz CT molecular complexity index is 513. The van der Waals surface area contributed by atoms with E-state index in [0.29, 0.717) is 12.5 Å². The summed E-state index contributed by atoms with van der Waals surface area (Å²) in [5.41, 5.74) is 1.43. The smallest absolute Gasteiger partial charge is 0.330 e. The second kappa shape index (κ2) is 11.0. The van der Waals surface area contributed by atoms with E-state index in [4.69, 9.17) is 9.47 Å². The highest BCUT2D eigenvalue weighted by molar-refractivity contribution is 5.81. The summed E-state index contributed by atoms with van der Waals surface area (Å²) in [5.74, 6) is 2.06. The molecule has 1 aromatic rings.